The summed E-state index contributed by atoms with van der Waals surface area (Å²) < 4.78 is 11.7. The van der Waals surface area contributed by atoms with Crippen molar-refractivity contribution >= 4 is 57.4 Å². The third-order valence-electron chi connectivity index (χ3n) is 4.00. The van der Waals surface area contributed by atoms with E-state index in [-0.39, 0.29) is 39.9 Å². The number of aldehydes is 1. The van der Waals surface area contributed by atoms with Gasteiger partial charge in [-0.15, -0.1) is 0 Å². The first-order chi connectivity index (χ1) is 8.62. The second-order valence-electron chi connectivity index (χ2n) is 4.92. The molecule has 0 aromatic rings. The Hall–Kier alpha value is 0.560. The van der Waals surface area contributed by atoms with Gasteiger partial charge in [0.1, 0.15) is 16.3 Å². The summed E-state index contributed by atoms with van der Waals surface area (Å²) in [6.45, 7) is 0. The molecule has 0 saturated heterocycles. The van der Waals surface area contributed by atoms with E-state index in [2.05, 4.69) is 45.2 Å². The van der Waals surface area contributed by atoms with Crippen LogP contribution < -0.4 is 0 Å². The topological polar surface area (TPSA) is 52.6 Å². The lowest BCUT2D eigenvalue weighted by atomic mass is 9.86. The van der Waals surface area contributed by atoms with Crippen molar-refractivity contribution in [2.24, 2.45) is 17.8 Å². The van der Waals surface area contributed by atoms with E-state index in [1.54, 1.807) is 7.11 Å². The largest absolute Gasteiger partial charge is 0.458 e. The van der Waals surface area contributed by atoms with Crippen molar-refractivity contribution in [1.29, 1.82) is 0 Å². The van der Waals surface area contributed by atoms with E-state index in [0.717, 1.165) is 23.6 Å². The van der Waals surface area contributed by atoms with Crippen molar-refractivity contribution in [3.63, 3.8) is 0 Å². The summed E-state index contributed by atoms with van der Waals surface area (Å²) in [6, 6.07) is 0. The van der Waals surface area contributed by atoms with Gasteiger partial charge in [0.2, 0.25) is 0 Å². The second-order valence-corrected chi connectivity index (χ2v) is 7.30. The average Bonchev–Trinajstić information content (AvgIpc) is 2.94. The first-order valence-electron chi connectivity index (χ1n) is 6.01. The van der Waals surface area contributed by atoms with Crippen LogP contribution in [0.1, 0.15) is 12.8 Å². The highest BCUT2D eigenvalue weighted by Crippen LogP contribution is 2.50. The Morgan fingerprint density at radius 2 is 2.17 bits per heavy atom. The molecule has 2 aliphatic rings. The Balaban J connectivity index is 2.02. The number of methoxy groups -OCH3 is 1. The molecule has 18 heavy (non-hydrogen) atoms. The standard InChI is InChI=1S/C12H16I2O4/c1-17-11-8-3-6(2-7(8)5-15)10(11)18-12(16)9(14)4-13/h5-11H,2-4H2,1H3. The van der Waals surface area contributed by atoms with Gasteiger partial charge in [0.15, 0.2) is 0 Å². The molecule has 0 spiro atoms. The molecular formula is C12H16I2O4. The van der Waals surface area contributed by atoms with E-state index in [9.17, 15) is 9.59 Å². The molecule has 2 saturated carbocycles. The zero-order valence-corrected chi connectivity index (χ0v) is 14.4. The van der Waals surface area contributed by atoms with Crippen LogP contribution in [0.4, 0.5) is 0 Å². The van der Waals surface area contributed by atoms with Crippen molar-refractivity contribution in [2.45, 2.75) is 29.0 Å². The molecule has 4 nitrogen and oxygen atoms in total. The average molecular weight is 478 g/mol. The van der Waals surface area contributed by atoms with Crippen molar-refractivity contribution in [1.82, 2.24) is 0 Å². The van der Waals surface area contributed by atoms with Crippen LogP contribution in [0.15, 0.2) is 0 Å². The van der Waals surface area contributed by atoms with Gasteiger partial charge < -0.3 is 14.3 Å². The molecule has 0 aromatic heterocycles. The van der Waals surface area contributed by atoms with Crippen LogP contribution in [0.2, 0.25) is 0 Å². The smallest absolute Gasteiger partial charge is 0.320 e. The van der Waals surface area contributed by atoms with Gasteiger partial charge in [-0.25, -0.2) is 0 Å². The van der Waals surface area contributed by atoms with Crippen molar-refractivity contribution in [3.8, 4) is 0 Å². The fourth-order valence-electron chi connectivity index (χ4n) is 3.20. The van der Waals surface area contributed by atoms with E-state index >= 15 is 0 Å². The molecule has 0 radical (unpaired) electrons. The molecule has 0 heterocycles. The van der Waals surface area contributed by atoms with Crippen LogP contribution in [-0.4, -0.2) is 39.9 Å². The van der Waals surface area contributed by atoms with Gasteiger partial charge in [0.25, 0.3) is 0 Å². The van der Waals surface area contributed by atoms with E-state index in [0.29, 0.717) is 0 Å². The van der Waals surface area contributed by atoms with Crippen LogP contribution in [0.5, 0.6) is 0 Å². The lowest BCUT2D eigenvalue weighted by Gasteiger charge is -2.32. The molecule has 2 aliphatic carbocycles. The van der Waals surface area contributed by atoms with Gasteiger partial charge in [-0.3, -0.25) is 4.79 Å². The monoisotopic (exact) mass is 478 g/mol. The van der Waals surface area contributed by atoms with Crippen LogP contribution in [0, 0.1) is 17.8 Å². The molecule has 6 atom stereocenters. The Morgan fingerprint density at radius 3 is 2.72 bits per heavy atom. The number of halogens is 2. The Kier molecular flexibility index (Phi) is 5.27. The number of carbonyl (C=O) groups excluding carboxylic acids is 2. The van der Waals surface area contributed by atoms with Crippen LogP contribution in [0.25, 0.3) is 0 Å². The van der Waals surface area contributed by atoms with Crippen molar-refractivity contribution in [2.75, 3.05) is 11.5 Å². The van der Waals surface area contributed by atoms with Gasteiger partial charge in [-0.2, -0.15) is 0 Å². The summed E-state index contributed by atoms with van der Waals surface area (Å²) in [5.41, 5.74) is 0. The van der Waals surface area contributed by atoms with Gasteiger partial charge in [-0.1, -0.05) is 45.2 Å². The van der Waals surface area contributed by atoms with Gasteiger partial charge in [0, 0.05) is 17.5 Å². The predicted molar refractivity (Wildman–Crippen MR) is 83.1 cm³/mol. The summed E-state index contributed by atoms with van der Waals surface area (Å²) >= 11 is 4.28. The third-order valence-corrected chi connectivity index (χ3v) is 7.52. The highest BCUT2D eigenvalue weighted by molar-refractivity contribution is 14.1. The molecule has 0 aliphatic heterocycles. The van der Waals surface area contributed by atoms with Crippen molar-refractivity contribution in [3.05, 3.63) is 0 Å². The van der Waals surface area contributed by atoms with Crippen LogP contribution in [-0.2, 0) is 19.1 Å². The first-order valence-corrected chi connectivity index (χ1v) is 8.78. The Morgan fingerprint density at radius 1 is 1.44 bits per heavy atom. The fourth-order valence-corrected chi connectivity index (χ4v) is 3.71. The number of hydrogen-bond acceptors (Lipinski definition) is 4. The number of hydrogen-bond donors (Lipinski definition) is 0. The molecule has 2 bridgehead atoms. The third kappa shape index (κ3) is 2.70. The maximum absolute atomic E-state index is 11.9. The fraction of sp³-hybridized carbons (Fsp3) is 0.833. The molecule has 0 amide bonds. The number of carbonyl (C=O) groups is 2. The van der Waals surface area contributed by atoms with Gasteiger partial charge in [0.05, 0.1) is 6.10 Å². The number of ether oxygens (including phenoxy) is 2. The minimum atomic E-state index is -0.163. The molecule has 0 N–H and O–H groups in total. The number of alkyl halides is 2. The van der Waals surface area contributed by atoms with Gasteiger partial charge in [-0.05, 0) is 24.7 Å². The summed E-state index contributed by atoms with van der Waals surface area (Å²) in [6.07, 6.45) is 2.53. The SMILES string of the molecule is COC1C2CC(CC2C=O)C1OC(=O)C(I)CI. The van der Waals surface area contributed by atoms with Crippen LogP contribution in [0.3, 0.4) is 0 Å². The zero-order chi connectivity index (χ0) is 13.3. The second kappa shape index (κ2) is 6.34. The van der Waals surface area contributed by atoms with Crippen LogP contribution >= 0.6 is 45.2 Å². The quantitative estimate of drug-likeness (QED) is 0.263. The lowest BCUT2D eigenvalue weighted by Crippen LogP contribution is -2.42. The molecule has 6 heteroatoms. The Labute approximate surface area is 134 Å². The molecule has 6 unspecified atom stereocenters. The minimum Gasteiger partial charge on any atom is -0.458 e. The van der Waals surface area contributed by atoms with E-state index in [4.69, 9.17) is 9.47 Å². The summed E-state index contributed by atoms with van der Waals surface area (Å²) in [5.74, 6) is 0.432. The Bertz CT molecular complexity index is 336. The molecule has 2 fully saturated rings. The minimum absolute atomic E-state index is 0.0786. The van der Waals surface area contributed by atoms with E-state index < -0.39 is 0 Å². The highest BCUT2D eigenvalue weighted by atomic mass is 127. The molecule has 102 valence electrons. The highest BCUT2D eigenvalue weighted by Gasteiger charge is 2.55. The predicted octanol–water partition coefficient (Wildman–Crippen LogP) is 2.01. The van der Waals surface area contributed by atoms with Gasteiger partial charge >= 0.3 is 5.97 Å². The number of rotatable bonds is 5. The lowest BCUT2D eigenvalue weighted by molar-refractivity contribution is -0.160. The normalized spacial score (nSPS) is 39.6. The van der Waals surface area contributed by atoms with E-state index in [1.807, 2.05) is 0 Å². The maximum Gasteiger partial charge on any atom is 0.320 e. The summed E-state index contributed by atoms with van der Waals surface area (Å²) in [4.78, 5) is 22.8. The molecule has 2 rings (SSSR count). The zero-order valence-electron chi connectivity index (χ0n) is 10.1. The molecule has 0 aromatic carbocycles. The summed E-state index contributed by atoms with van der Waals surface area (Å²) in [7, 11) is 1.63. The first kappa shape index (κ1) is 15.0. The number of esters is 1. The van der Waals surface area contributed by atoms with E-state index in [1.165, 1.54) is 0 Å². The van der Waals surface area contributed by atoms with Crippen molar-refractivity contribution < 1.29 is 19.1 Å². The summed E-state index contributed by atoms with van der Waals surface area (Å²) in [5, 5.41) is 0. The number of fused-ring (bicyclic) bond motifs is 2. The molecular weight excluding hydrogens is 462 g/mol. The maximum atomic E-state index is 11.9.